The zero-order chi connectivity index (χ0) is 34.0. The third-order valence-corrected chi connectivity index (χ3v) is 7.54. The van der Waals surface area contributed by atoms with Gasteiger partial charge in [0.25, 0.3) is 0 Å². The number of benzene rings is 2. The van der Waals surface area contributed by atoms with Gasteiger partial charge >= 0.3 is 5.97 Å². The van der Waals surface area contributed by atoms with Crippen molar-refractivity contribution in [2.45, 2.75) is 70.6 Å². The van der Waals surface area contributed by atoms with Crippen LogP contribution >= 0.6 is 0 Å². The molecule has 4 atom stereocenters. The number of H-pyrrole nitrogens is 1. The number of hydrogen-bond acceptors (Lipinski definition) is 6. The fourth-order valence-corrected chi connectivity index (χ4v) is 5.25. The second-order valence-corrected chi connectivity index (χ2v) is 11.7. The van der Waals surface area contributed by atoms with E-state index in [2.05, 4.69) is 20.9 Å². The number of likely N-dealkylation sites (N-methyl/N-ethyl adjacent to an activating group) is 1. The molecule has 0 radical (unpaired) electrons. The monoisotopic (exact) mass is 634 g/mol. The lowest BCUT2D eigenvalue weighted by molar-refractivity contribution is -0.144. The number of carboxylic acids is 1. The maximum Gasteiger partial charge on any atom is 0.305 e. The molecule has 0 unspecified atom stereocenters. The van der Waals surface area contributed by atoms with Crippen molar-refractivity contribution in [3.8, 4) is 0 Å². The normalized spacial score (nSPS) is 13.7. The van der Waals surface area contributed by atoms with Crippen LogP contribution in [0.4, 0.5) is 0 Å². The predicted molar refractivity (Wildman–Crippen MR) is 171 cm³/mol. The molecule has 0 fully saturated rings. The van der Waals surface area contributed by atoms with Gasteiger partial charge in [-0.3, -0.25) is 28.8 Å². The molecule has 0 aliphatic rings. The average Bonchev–Trinajstić information content (AvgIpc) is 3.40. The standard InChI is InChI=1S/C33H42N6O7/c1-19(2)14-28(39(4)33(46)27(36-20(3)40)16-22-18-35-24-13-9-8-12-23(22)24)32(45)38-26(17-29(41)42)31(44)37-25(30(34)43)15-21-10-6-5-7-11-21/h5-13,18-19,25-28,35H,14-17H2,1-4H3,(H2,34,43)(H,36,40)(H,37,44)(H,38,45)(H,41,42)/t25-,26-,27-,28-/m0/s1. The molecule has 0 aliphatic carbocycles. The first-order valence-corrected chi connectivity index (χ1v) is 15.0. The molecular formula is C33H42N6O7. The molecule has 0 saturated carbocycles. The van der Waals surface area contributed by atoms with Gasteiger partial charge in [-0.1, -0.05) is 62.4 Å². The largest absolute Gasteiger partial charge is 0.481 e. The van der Waals surface area contributed by atoms with Gasteiger partial charge in [-0.2, -0.15) is 0 Å². The summed E-state index contributed by atoms with van der Waals surface area (Å²) in [4.78, 5) is 81.2. The Morgan fingerprint density at radius 3 is 2.09 bits per heavy atom. The summed E-state index contributed by atoms with van der Waals surface area (Å²) in [7, 11) is 1.42. The van der Waals surface area contributed by atoms with Crippen molar-refractivity contribution < 1.29 is 33.9 Å². The van der Waals surface area contributed by atoms with Crippen LogP contribution in [0.5, 0.6) is 0 Å². The van der Waals surface area contributed by atoms with E-state index in [1.165, 1.54) is 18.9 Å². The number of aromatic amines is 1. The SMILES string of the molecule is CC(=O)N[C@@H](Cc1c[nH]c2ccccc12)C(=O)N(C)[C@@H](CC(C)C)C(=O)N[C@@H](CC(=O)O)C(=O)N[C@@H](Cc1ccccc1)C(N)=O. The highest BCUT2D eigenvalue weighted by Gasteiger charge is 2.35. The third-order valence-electron chi connectivity index (χ3n) is 7.54. The fourth-order valence-electron chi connectivity index (χ4n) is 5.25. The summed E-state index contributed by atoms with van der Waals surface area (Å²) in [6, 6.07) is 11.4. The summed E-state index contributed by atoms with van der Waals surface area (Å²) >= 11 is 0. The van der Waals surface area contributed by atoms with E-state index >= 15 is 0 Å². The first kappa shape index (κ1) is 35.3. The summed E-state index contributed by atoms with van der Waals surface area (Å²) < 4.78 is 0. The second kappa shape index (κ2) is 16.2. The molecule has 0 saturated heterocycles. The third kappa shape index (κ3) is 9.91. The Labute approximate surface area is 267 Å². The highest BCUT2D eigenvalue weighted by Crippen LogP contribution is 2.21. The topological polar surface area (TPSA) is 204 Å². The zero-order valence-corrected chi connectivity index (χ0v) is 26.4. The van der Waals surface area contributed by atoms with Crippen LogP contribution in [-0.2, 0) is 41.6 Å². The number of aromatic nitrogens is 1. The van der Waals surface area contributed by atoms with E-state index in [4.69, 9.17) is 5.73 Å². The van der Waals surface area contributed by atoms with E-state index in [-0.39, 0.29) is 25.2 Å². The highest BCUT2D eigenvalue weighted by atomic mass is 16.4. The van der Waals surface area contributed by atoms with Gasteiger partial charge in [0.05, 0.1) is 6.42 Å². The van der Waals surface area contributed by atoms with Crippen LogP contribution in [-0.4, -0.2) is 81.7 Å². The Hall–Kier alpha value is -5.20. The van der Waals surface area contributed by atoms with E-state index < -0.39 is 66.1 Å². The molecule has 0 bridgehead atoms. The predicted octanol–water partition coefficient (Wildman–Crippen LogP) is 1.26. The number of nitrogens with zero attached hydrogens (tertiary/aromatic N) is 1. The maximum atomic E-state index is 13.9. The van der Waals surface area contributed by atoms with Crippen LogP contribution in [0, 0.1) is 5.92 Å². The lowest BCUT2D eigenvalue weighted by atomic mass is 9.98. The number of para-hydroxylation sites is 1. The van der Waals surface area contributed by atoms with E-state index in [1.807, 2.05) is 38.1 Å². The summed E-state index contributed by atoms with van der Waals surface area (Å²) in [6.07, 6.45) is 1.35. The molecule has 3 aromatic rings. The summed E-state index contributed by atoms with van der Waals surface area (Å²) in [5, 5.41) is 18.0. The summed E-state index contributed by atoms with van der Waals surface area (Å²) in [5.74, 6) is -4.95. The number of nitrogens with two attached hydrogens (primary N) is 1. The van der Waals surface area contributed by atoms with Crippen LogP contribution < -0.4 is 21.7 Å². The van der Waals surface area contributed by atoms with E-state index in [0.717, 1.165) is 16.5 Å². The van der Waals surface area contributed by atoms with Crippen molar-refractivity contribution in [1.29, 1.82) is 0 Å². The minimum atomic E-state index is -1.57. The van der Waals surface area contributed by atoms with Crippen molar-refractivity contribution in [2.75, 3.05) is 7.05 Å². The van der Waals surface area contributed by atoms with Crippen molar-refractivity contribution in [2.24, 2.45) is 11.7 Å². The van der Waals surface area contributed by atoms with Gasteiger partial charge in [-0.15, -0.1) is 0 Å². The van der Waals surface area contributed by atoms with Gasteiger partial charge < -0.3 is 36.7 Å². The van der Waals surface area contributed by atoms with Crippen LogP contribution in [0.2, 0.25) is 0 Å². The first-order valence-electron chi connectivity index (χ1n) is 15.0. The Kier molecular flexibility index (Phi) is 12.4. The average molecular weight is 635 g/mol. The lowest BCUT2D eigenvalue weighted by Gasteiger charge is -2.32. The summed E-state index contributed by atoms with van der Waals surface area (Å²) in [5.41, 5.74) is 7.89. The molecule has 0 spiro atoms. The van der Waals surface area contributed by atoms with E-state index in [0.29, 0.717) is 5.56 Å². The Morgan fingerprint density at radius 1 is 0.848 bits per heavy atom. The number of carbonyl (C=O) groups excluding carboxylic acids is 5. The lowest BCUT2D eigenvalue weighted by Crippen LogP contribution is -2.59. The molecule has 246 valence electrons. The number of carboxylic acid groups (broad SMARTS) is 1. The van der Waals surface area contributed by atoms with E-state index in [9.17, 15) is 33.9 Å². The number of hydrogen-bond donors (Lipinski definition) is 6. The molecule has 13 nitrogen and oxygen atoms in total. The van der Waals surface area contributed by atoms with Gasteiger partial charge in [-0.25, -0.2) is 0 Å². The molecule has 7 N–H and O–H groups in total. The number of nitrogens with one attached hydrogen (secondary N) is 4. The van der Waals surface area contributed by atoms with Crippen LogP contribution in [0.3, 0.4) is 0 Å². The second-order valence-electron chi connectivity index (χ2n) is 11.7. The molecule has 3 rings (SSSR count). The highest BCUT2D eigenvalue weighted by molar-refractivity contribution is 5.97. The van der Waals surface area contributed by atoms with Crippen LogP contribution in [0.25, 0.3) is 10.9 Å². The number of rotatable bonds is 16. The molecule has 5 amide bonds. The molecule has 1 aromatic heterocycles. The minimum absolute atomic E-state index is 0.0594. The smallest absolute Gasteiger partial charge is 0.305 e. The molecule has 0 aliphatic heterocycles. The zero-order valence-electron chi connectivity index (χ0n) is 26.4. The van der Waals surface area contributed by atoms with Gasteiger partial charge in [0.15, 0.2) is 0 Å². The Balaban J connectivity index is 1.83. The molecule has 1 heterocycles. The van der Waals surface area contributed by atoms with Crippen molar-refractivity contribution >= 4 is 46.4 Å². The Bertz CT molecular complexity index is 1550. The van der Waals surface area contributed by atoms with Crippen LogP contribution in [0.15, 0.2) is 60.8 Å². The minimum Gasteiger partial charge on any atom is -0.481 e. The van der Waals surface area contributed by atoms with Crippen molar-refractivity contribution in [3.05, 3.63) is 71.9 Å². The molecule has 2 aromatic carbocycles. The van der Waals surface area contributed by atoms with Gasteiger partial charge in [0.1, 0.15) is 24.2 Å². The van der Waals surface area contributed by atoms with Gasteiger partial charge in [0, 0.05) is 43.9 Å². The Morgan fingerprint density at radius 2 is 1.48 bits per heavy atom. The van der Waals surface area contributed by atoms with E-state index in [1.54, 1.807) is 36.5 Å². The number of amides is 5. The fraction of sp³-hybridized carbons (Fsp3) is 0.394. The number of primary amides is 1. The molecule has 46 heavy (non-hydrogen) atoms. The van der Waals surface area contributed by atoms with Crippen molar-refractivity contribution in [3.63, 3.8) is 0 Å². The molecular weight excluding hydrogens is 592 g/mol. The summed E-state index contributed by atoms with van der Waals surface area (Å²) in [6.45, 7) is 4.98. The molecule has 13 heteroatoms. The first-order chi connectivity index (χ1) is 21.8. The number of carbonyl (C=O) groups is 6. The van der Waals surface area contributed by atoms with Gasteiger partial charge in [0.2, 0.25) is 29.5 Å². The number of fused-ring (bicyclic) bond motifs is 1. The van der Waals surface area contributed by atoms with Crippen LogP contribution in [0.1, 0.15) is 44.7 Å². The maximum absolute atomic E-state index is 13.9. The van der Waals surface area contributed by atoms with Crippen molar-refractivity contribution in [1.82, 2.24) is 25.8 Å². The van der Waals surface area contributed by atoms with Gasteiger partial charge in [-0.05, 0) is 29.5 Å². The number of aliphatic carboxylic acids is 1. The quantitative estimate of drug-likeness (QED) is 0.136.